The largest absolute Gasteiger partial charge is 0.486 e. The van der Waals surface area contributed by atoms with Gasteiger partial charge in [-0.05, 0) is 25.0 Å². The lowest BCUT2D eigenvalue weighted by Gasteiger charge is -2.29. The zero-order valence-corrected chi connectivity index (χ0v) is 13.6. The van der Waals surface area contributed by atoms with E-state index in [1.165, 1.54) is 4.31 Å². The standard InChI is InChI=1S/C14H20ClNO4S/c1-16(21(17,18)9-5-4-8-15)10-12-11-19-13-6-2-3-7-14(13)20-12/h2-3,6-7,12H,4-5,8-11H2,1H3. The minimum absolute atomic E-state index is 0.111. The van der Waals surface area contributed by atoms with Gasteiger partial charge in [0.15, 0.2) is 11.5 Å². The maximum Gasteiger partial charge on any atom is 0.213 e. The number of rotatable bonds is 7. The van der Waals surface area contributed by atoms with Crippen LogP contribution >= 0.6 is 11.6 Å². The molecule has 0 aromatic heterocycles. The molecule has 2 rings (SSSR count). The third kappa shape index (κ3) is 4.49. The first-order chi connectivity index (χ1) is 10.0. The van der Waals surface area contributed by atoms with Crippen LogP contribution in [0.25, 0.3) is 0 Å². The first kappa shape index (κ1) is 16.4. The second-order valence-electron chi connectivity index (χ2n) is 4.99. The van der Waals surface area contributed by atoms with E-state index in [0.717, 1.165) is 0 Å². The molecule has 0 bridgehead atoms. The van der Waals surface area contributed by atoms with Gasteiger partial charge in [0.2, 0.25) is 10.0 Å². The van der Waals surface area contributed by atoms with Crippen LogP contribution in [0.5, 0.6) is 11.5 Å². The Morgan fingerprint density at radius 2 is 2.00 bits per heavy atom. The Hall–Kier alpha value is -0.980. The molecule has 0 aliphatic carbocycles. The first-order valence-corrected chi connectivity index (χ1v) is 9.06. The molecule has 0 fully saturated rings. The highest BCUT2D eigenvalue weighted by atomic mass is 35.5. The molecule has 1 aliphatic heterocycles. The summed E-state index contributed by atoms with van der Waals surface area (Å²) in [7, 11) is -1.70. The van der Waals surface area contributed by atoms with Crippen LogP contribution in [0.4, 0.5) is 0 Å². The SMILES string of the molecule is CN(CC1COc2ccccc2O1)S(=O)(=O)CCCCCl. The molecule has 0 amide bonds. The van der Waals surface area contributed by atoms with Gasteiger partial charge in [-0.1, -0.05) is 12.1 Å². The number of para-hydroxylation sites is 2. The van der Waals surface area contributed by atoms with Gasteiger partial charge >= 0.3 is 0 Å². The number of alkyl halides is 1. The van der Waals surface area contributed by atoms with E-state index in [-0.39, 0.29) is 18.4 Å². The van der Waals surface area contributed by atoms with Crippen molar-refractivity contribution in [3.63, 3.8) is 0 Å². The van der Waals surface area contributed by atoms with Gasteiger partial charge in [0.1, 0.15) is 12.7 Å². The van der Waals surface area contributed by atoms with Crippen molar-refractivity contribution in [3.05, 3.63) is 24.3 Å². The number of nitrogens with zero attached hydrogens (tertiary/aromatic N) is 1. The van der Waals surface area contributed by atoms with E-state index in [1.807, 2.05) is 24.3 Å². The topological polar surface area (TPSA) is 55.8 Å². The van der Waals surface area contributed by atoms with E-state index in [0.29, 0.717) is 36.8 Å². The molecule has 5 nitrogen and oxygen atoms in total. The maximum atomic E-state index is 12.1. The van der Waals surface area contributed by atoms with Crippen molar-refractivity contribution in [1.29, 1.82) is 0 Å². The van der Waals surface area contributed by atoms with Crippen LogP contribution in [0.15, 0.2) is 24.3 Å². The number of unbranched alkanes of at least 4 members (excludes halogenated alkanes) is 1. The van der Waals surface area contributed by atoms with Gasteiger partial charge in [-0.25, -0.2) is 12.7 Å². The molecule has 0 N–H and O–H groups in total. The van der Waals surface area contributed by atoms with E-state index >= 15 is 0 Å². The van der Waals surface area contributed by atoms with Crippen LogP contribution in [0.3, 0.4) is 0 Å². The smallest absolute Gasteiger partial charge is 0.213 e. The fourth-order valence-corrected chi connectivity index (χ4v) is 3.55. The Labute approximate surface area is 130 Å². The highest BCUT2D eigenvalue weighted by Crippen LogP contribution is 2.31. The second kappa shape index (κ2) is 7.33. The van der Waals surface area contributed by atoms with Crippen molar-refractivity contribution >= 4 is 21.6 Å². The van der Waals surface area contributed by atoms with Gasteiger partial charge in [0.25, 0.3) is 0 Å². The molecule has 0 spiro atoms. The number of fused-ring (bicyclic) bond motifs is 1. The number of hydrogen-bond donors (Lipinski definition) is 0. The number of benzene rings is 1. The van der Waals surface area contributed by atoms with Crippen molar-refractivity contribution < 1.29 is 17.9 Å². The summed E-state index contributed by atoms with van der Waals surface area (Å²) in [6.07, 6.45) is 0.971. The summed E-state index contributed by atoms with van der Waals surface area (Å²) >= 11 is 5.57. The summed E-state index contributed by atoms with van der Waals surface area (Å²) in [5, 5.41) is 0. The zero-order valence-electron chi connectivity index (χ0n) is 12.0. The summed E-state index contributed by atoms with van der Waals surface area (Å²) in [6, 6.07) is 7.38. The van der Waals surface area contributed by atoms with E-state index in [2.05, 4.69) is 0 Å². The summed E-state index contributed by atoms with van der Waals surface area (Å²) in [6.45, 7) is 0.621. The van der Waals surface area contributed by atoms with Crippen LogP contribution in [0.1, 0.15) is 12.8 Å². The van der Waals surface area contributed by atoms with Crippen LogP contribution in [0.2, 0.25) is 0 Å². The monoisotopic (exact) mass is 333 g/mol. The Morgan fingerprint density at radius 1 is 1.29 bits per heavy atom. The summed E-state index contributed by atoms with van der Waals surface area (Å²) < 4.78 is 36.9. The third-order valence-electron chi connectivity index (χ3n) is 3.29. The molecular formula is C14H20ClNO4S. The lowest BCUT2D eigenvalue weighted by molar-refractivity contribution is 0.0798. The quantitative estimate of drug-likeness (QED) is 0.566. The molecule has 1 heterocycles. The van der Waals surface area contributed by atoms with Crippen LogP contribution < -0.4 is 9.47 Å². The van der Waals surface area contributed by atoms with E-state index in [1.54, 1.807) is 7.05 Å². The van der Waals surface area contributed by atoms with Crippen LogP contribution in [-0.2, 0) is 10.0 Å². The van der Waals surface area contributed by atoms with Gasteiger partial charge in [-0.2, -0.15) is 0 Å². The minimum Gasteiger partial charge on any atom is -0.486 e. The Bertz CT molecular complexity index is 564. The van der Waals surface area contributed by atoms with Crippen molar-refractivity contribution in [2.24, 2.45) is 0 Å². The number of likely N-dealkylation sites (N-methyl/N-ethyl adjacent to an activating group) is 1. The first-order valence-electron chi connectivity index (χ1n) is 6.91. The van der Waals surface area contributed by atoms with E-state index in [9.17, 15) is 8.42 Å². The molecule has 0 saturated heterocycles. The number of halogens is 1. The highest BCUT2D eigenvalue weighted by Gasteiger charge is 2.26. The van der Waals surface area contributed by atoms with Gasteiger partial charge in [-0.15, -0.1) is 11.6 Å². The average molecular weight is 334 g/mol. The Morgan fingerprint density at radius 3 is 2.71 bits per heavy atom. The molecule has 0 radical (unpaired) electrons. The van der Waals surface area contributed by atoms with E-state index in [4.69, 9.17) is 21.1 Å². The second-order valence-corrected chi connectivity index (χ2v) is 7.56. The number of hydrogen-bond acceptors (Lipinski definition) is 4. The fourth-order valence-electron chi connectivity index (χ4n) is 2.09. The predicted molar refractivity (Wildman–Crippen MR) is 82.7 cm³/mol. The van der Waals surface area contributed by atoms with E-state index < -0.39 is 10.0 Å². The number of ether oxygens (including phenoxy) is 2. The van der Waals surface area contributed by atoms with Crippen LogP contribution in [0, 0.1) is 0 Å². The Kier molecular flexibility index (Phi) is 5.72. The molecular weight excluding hydrogens is 314 g/mol. The molecule has 7 heteroatoms. The molecule has 118 valence electrons. The molecule has 1 aromatic carbocycles. The summed E-state index contributed by atoms with van der Waals surface area (Å²) in [5.74, 6) is 1.94. The summed E-state index contributed by atoms with van der Waals surface area (Å²) in [4.78, 5) is 0. The minimum atomic E-state index is -3.27. The van der Waals surface area contributed by atoms with Gasteiger partial charge in [0, 0.05) is 12.9 Å². The third-order valence-corrected chi connectivity index (χ3v) is 5.46. The lowest BCUT2D eigenvalue weighted by atomic mass is 10.2. The molecule has 1 atom stereocenters. The average Bonchev–Trinajstić information content (AvgIpc) is 2.47. The Balaban J connectivity index is 1.90. The predicted octanol–water partition coefficient (Wildman–Crippen LogP) is 2.11. The molecule has 21 heavy (non-hydrogen) atoms. The van der Waals surface area contributed by atoms with Gasteiger partial charge < -0.3 is 9.47 Å². The highest BCUT2D eigenvalue weighted by molar-refractivity contribution is 7.89. The lowest BCUT2D eigenvalue weighted by Crippen LogP contribution is -2.42. The van der Waals surface area contributed by atoms with Crippen molar-refractivity contribution in [2.75, 3.05) is 31.8 Å². The normalized spacial score (nSPS) is 18.0. The molecule has 1 aliphatic rings. The number of sulfonamides is 1. The molecule has 1 unspecified atom stereocenters. The van der Waals surface area contributed by atoms with Gasteiger partial charge in [-0.3, -0.25) is 0 Å². The maximum absolute atomic E-state index is 12.1. The fraction of sp³-hybridized carbons (Fsp3) is 0.571. The summed E-state index contributed by atoms with van der Waals surface area (Å²) in [5.41, 5.74) is 0. The van der Waals surface area contributed by atoms with Crippen LogP contribution in [-0.4, -0.2) is 50.7 Å². The van der Waals surface area contributed by atoms with Gasteiger partial charge in [0.05, 0.1) is 12.3 Å². The van der Waals surface area contributed by atoms with Crippen molar-refractivity contribution in [3.8, 4) is 11.5 Å². The zero-order chi connectivity index (χ0) is 15.3. The van der Waals surface area contributed by atoms with Crippen molar-refractivity contribution in [2.45, 2.75) is 18.9 Å². The molecule has 0 saturated carbocycles. The van der Waals surface area contributed by atoms with Crippen molar-refractivity contribution in [1.82, 2.24) is 4.31 Å². The molecule has 1 aromatic rings.